The zero-order valence-corrected chi connectivity index (χ0v) is 12.7. The summed E-state index contributed by atoms with van der Waals surface area (Å²) in [6, 6.07) is 10.5. The standard InChI is InChI=1S/C17H25NO2/c1-4-20-16(19)11-8-14-18-17(2,3)13-12-15-9-6-5-7-10-15/h5-11,18H,4,12-14H2,1-3H3/b11-8+. The molecule has 20 heavy (non-hydrogen) atoms. The molecule has 0 saturated heterocycles. The zero-order valence-electron chi connectivity index (χ0n) is 12.7. The first-order valence-electron chi connectivity index (χ1n) is 7.16. The highest BCUT2D eigenvalue weighted by Gasteiger charge is 2.15. The van der Waals surface area contributed by atoms with Crippen LogP contribution in [0.5, 0.6) is 0 Å². The van der Waals surface area contributed by atoms with Crippen LogP contribution in [-0.4, -0.2) is 24.7 Å². The molecule has 3 nitrogen and oxygen atoms in total. The summed E-state index contributed by atoms with van der Waals surface area (Å²) in [7, 11) is 0. The van der Waals surface area contributed by atoms with Gasteiger partial charge in [0.2, 0.25) is 0 Å². The minimum Gasteiger partial charge on any atom is -0.463 e. The second-order valence-corrected chi connectivity index (χ2v) is 5.40. The number of esters is 1. The highest BCUT2D eigenvalue weighted by Crippen LogP contribution is 2.13. The lowest BCUT2D eigenvalue weighted by Crippen LogP contribution is -2.39. The van der Waals surface area contributed by atoms with Gasteiger partial charge in [-0.25, -0.2) is 4.79 Å². The van der Waals surface area contributed by atoms with Crippen molar-refractivity contribution in [3.05, 3.63) is 48.0 Å². The number of hydrogen-bond acceptors (Lipinski definition) is 3. The first-order valence-corrected chi connectivity index (χ1v) is 7.16. The maximum absolute atomic E-state index is 11.1. The molecule has 0 amide bonds. The summed E-state index contributed by atoms with van der Waals surface area (Å²) in [4.78, 5) is 11.1. The van der Waals surface area contributed by atoms with Crippen molar-refractivity contribution in [1.29, 1.82) is 0 Å². The molecule has 0 radical (unpaired) electrons. The van der Waals surface area contributed by atoms with E-state index >= 15 is 0 Å². The average molecular weight is 275 g/mol. The molecule has 0 fully saturated rings. The Morgan fingerprint density at radius 3 is 2.65 bits per heavy atom. The van der Waals surface area contributed by atoms with Crippen molar-refractivity contribution in [2.24, 2.45) is 0 Å². The number of ether oxygens (including phenoxy) is 1. The van der Waals surface area contributed by atoms with Crippen LogP contribution >= 0.6 is 0 Å². The van der Waals surface area contributed by atoms with Crippen molar-refractivity contribution in [2.45, 2.75) is 39.2 Å². The Morgan fingerprint density at radius 1 is 1.30 bits per heavy atom. The van der Waals surface area contributed by atoms with Crippen LogP contribution in [0.25, 0.3) is 0 Å². The van der Waals surface area contributed by atoms with Gasteiger partial charge in [-0.2, -0.15) is 0 Å². The predicted octanol–water partition coefficient (Wildman–Crippen LogP) is 3.11. The van der Waals surface area contributed by atoms with Crippen molar-refractivity contribution in [3.8, 4) is 0 Å². The number of carbonyl (C=O) groups excluding carboxylic acids is 1. The summed E-state index contributed by atoms with van der Waals surface area (Å²) in [5.41, 5.74) is 1.39. The molecule has 0 aromatic heterocycles. The lowest BCUT2D eigenvalue weighted by molar-refractivity contribution is -0.137. The third kappa shape index (κ3) is 7.10. The smallest absolute Gasteiger partial charge is 0.330 e. The summed E-state index contributed by atoms with van der Waals surface area (Å²) in [5, 5.41) is 3.43. The number of carbonyl (C=O) groups is 1. The third-order valence-corrected chi connectivity index (χ3v) is 3.12. The zero-order chi connectivity index (χ0) is 14.8. The van der Waals surface area contributed by atoms with Crippen LogP contribution in [0.1, 0.15) is 32.8 Å². The first kappa shape index (κ1) is 16.4. The first-order chi connectivity index (χ1) is 9.53. The lowest BCUT2D eigenvalue weighted by atomic mass is 9.95. The fourth-order valence-corrected chi connectivity index (χ4v) is 1.87. The normalized spacial score (nSPS) is 11.8. The summed E-state index contributed by atoms with van der Waals surface area (Å²) < 4.78 is 4.83. The Hall–Kier alpha value is -1.61. The van der Waals surface area contributed by atoms with Gasteiger partial charge in [0.25, 0.3) is 0 Å². The van der Waals surface area contributed by atoms with E-state index in [-0.39, 0.29) is 11.5 Å². The second kappa shape index (κ2) is 8.54. The van der Waals surface area contributed by atoms with E-state index in [0.29, 0.717) is 13.2 Å². The van der Waals surface area contributed by atoms with Gasteiger partial charge in [-0.15, -0.1) is 0 Å². The van der Waals surface area contributed by atoms with E-state index in [2.05, 4.69) is 43.4 Å². The molecule has 0 aliphatic carbocycles. The monoisotopic (exact) mass is 275 g/mol. The van der Waals surface area contributed by atoms with Crippen LogP contribution in [0.4, 0.5) is 0 Å². The van der Waals surface area contributed by atoms with Gasteiger partial charge < -0.3 is 10.1 Å². The number of nitrogens with one attached hydrogen (secondary N) is 1. The average Bonchev–Trinajstić information content (AvgIpc) is 2.43. The number of rotatable bonds is 8. The van der Waals surface area contributed by atoms with Gasteiger partial charge in [0, 0.05) is 18.2 Å². The highest BCUT2D eigenvalue weighted by atomic mass is 16.5. The van der Waals surface area contributed by atoms with E-state index in [0.717, 1.165) is 12.8 Å². The van der Waals surface area contributed by atoms with E-state index in [1.807, 2.05) is 12.1 Å². The number of hydrogen-bond donors (Lipinski definition) is 1. The predicted molar refractivity (Wildman–Crippen MR) is 82.6 cm³/mol. The second-order valence-electron chi connectivity index (χ2n) is 5.40. The molecule has 0 spiro atoms. The Balaban J connectivity index is 2.29. The van der Waals surface area contributed by atoms with Crippen LogP contribution in [0.2, 0.25) is 0 Å². The summed E-state index contributed by atoms with van der Waals surface area (Å²) >= 11 is 0. The molecule has 1 N–H and O–H groups in total. The van der Waals surface area contributed by atoms with Gasteiger partial charge in [-0.05, 0) is 39.2 Å². The molecule has 0 aliphatic rings. The van der Waals surface area contributed by atoms with Gasteiger partial charge in [-0.1, -0.05) is 36.4 Å². The van der Waals surface area contributed by atoms with E-state index < -0.39 is 0 Å². The fourth-order valence-electron chi connectivity index (χ4n) is 1.87. The van der Waals surface area contributed by atoms with Crippen molar-refractivity contribution in [2.75, 3.05) is 13.2 Å². The summed E-state index contributed by atoms with van der Waals surface area (Å²) in [6.07, 6.45) is 5.37. The Morgan fingerprint density at radius 2 is 2.00 bits per heavy atom. The summed E-state index contributed by atoms with van der Waals surface area (Å²) in [6.45, 7) is 7.23. The van der Waals surface area contributed by atoms with Crippen LogP contribution < -0.4 is 5.32 Å². The van der Waals surface area contributed by atoms with Crippen molar-refractivity contribution in [3.63, 3.8) is 0 Å². The van der Waals surface area contributed by atoms with Crippen molar-refractivity contribution in [1.82, 2.24) is 5.32 Å². The molecule has 110 valence electrons. The molecule has 0 bridgehead atoms. The van der Waals surface area contributed by atoms with E-state index in [4.69, 9.17) is 4.74 Å². The Labute approximate surface area is 122 Å². The quantitative estimate of drug-likeness (QED) is 0.585. The molecule has 1 aromatic carbocycles. The van der Waals surface area contributed by atoms with Crippen molar-refractivity contribution >= 4 is 5.97 Å². The Kier molecular flexibility index (Phi) is 7.02. The van der Waals surface area contributed by atoms with E-state index in [1.54, 1.807) is 6.92 Å². The molecule has 3 heteroatoms. The fraction of sp³-hybridized carbons (Fsp3) is 0.471. The largest absolute Gasteiger partial charge is 0.463 e. The van der Waals surface area contributed by atoms with E-state index in [9.17, 15) is 4.79 Å². The maximum Gasteiger partial charge on any atom is 0.330 e. The highest BCUT2D eigenvalue weighted by molar-refractivity contribution is 5.81. The van der Waals surface area contributed by atoms with Gasteiger partial charge in [0.1, 0.15) is 0 Å². The molecule has 1 rings (SSSR count). The van der Waals surface area contributed by atoms with E-state index in [1.165, 1.54) is 11.6 Å². The van der Waals surface area contributed by atoms with Gasteiger partial charge >= 0.3 is 5.97 Å². The van der Waals surface area contributed by atoms with Crippen LogP contribution in [0, 0.1) is 0 Å². The minimum atomic E-state index is -0.281. The van der Waals surface area contributed by atoms with Crippen LogP contribution in [0.3, 0.4) is 0 Å². The third-order valence-electron chi connectivity index (χ3n) is 3.12. The molecule has 1 aromatic rings. The lowest BCUT2D eigenvalue weighted by Gasteiger charge is -2.25. The SMILES string of the molecule is CCOC(=O)/C=C/CNC(C)(C)CCc1ccccc1. The van der Waals surface area contributed by atoms with Gasteiger partial charge in [-0.3, -0.25) is 0 Å². The molecule has 0 aliphatic heterocycles. The van der Waals surface area contributed by atoms with Crippen LogP contribution in [0.15, 0.2) is 42.5 Å². The topological polar surface area (TPSA) is 38.3 Å². The molecule has 0 saturated carbocycles. The maximum atomic E-state index is 11.1. The number of benzene rings is 1. The molecule has 0 atom stereocenters. The number of aryl methyl sites for hydroxylation is 1. The van der Waals surface area contributed by atoms with Gasteiger partial charge in [0.15, 0.2) is 0 Å². The molecular formula is C17H25NO2. The van der Waals surface area contributed by atoms with Gasteiger partial charge in [0.05, 0.1) is 6.61 Å². The van der Waals surface area contributed by atoms with Crippen LogP contribution in [-0.2, 0) is 16.0 Å². The minimum absolute atomic E-state index is 0.0366. The molecule has 0 heterocycles. The summed E-state index contributed by atoms with van der Waals surface area (Å²) in [5.74, 6) is -0.281. The Bertz CT molecular complexity index is 424. The molecule has 0 unspecified atom stereocenters. The van der Waals surface area contributed by atoms with Crippen molar-refractivity contribution < 1.29 is 9.53 Å². The molecular weight excluding hydrogens is 250 g/mol.